The predicted octanol–water partition coefficient (Wildman–Crippen LogP) is 3.65. The highest BCUT2D eigenvalue weighted by Crippen LogP contribution is 2.30. The van der Waals surface area contributed by atoms with E-state index in [-0.39, 0.29) is 5.56 Å². The standard InChI is InChI=1S/C15H20F3NO3/c1-9(19-13(21)22-14(2,3)4)12(20)10-5-7-11(8-6-10)15(16,17)18/h5-9,12,20H,1-4H3,(H,19,21)/t9-,12?/m1/s1. The monoisotopic (exact) mass is 319 g/mol. The minimum absolute atomic E-state index is 0.275. The fourth-order valence-electron chi connectivity index (χ4n) is 1.73. The molecule has 0 fully saturated rings. The molecule has 4 nitrogen and oxygen atoms in total. The smallest absolute Gasteiger partial charge is 0.416 e. The van der Waals surface area contributed by atoms with Gasteiger partial charge in [0.2, 0.25) is 0 Å². The van der Waals surface area contributed by atoms with Crippen LogP contribution in [-0.4, -0.2) is 22.8 Å². The zero-order valence-corrected chi connectivity index (χ0v) is 12.9. The molecule has 22 heavy (non-hydrogen) atoms. The first-order chi connectivity index (χ1) is 9.90. The average Bonchev–Trinajstić information content (AvgIpc) is 2.34. The molecular weight excluding hydrogens is 299 g/mol. The quantitative estimate of drug-likeness (QED) is 0.894. The van der Waals surface area contributed by atoms with Gasteiger partial charge in [0.05, 0.1) is 17.7 Å². The van der Waals surface area contributed by atoms with Gasteiger partial charge in [0.25, 0.3) is 0 Å². The van der Waals surface area contributed by atoms with Crippen LogP contribution in [0.5, 0.6) is 0 Å². The second-order valence-corrected chi connectivity index (χ2v) is 6.00. The number of aliphatic hydroxyl groups is 1. The molecule has 1 unspecified atom stereocenters. The first-order valence-corrected chi connectivity index (χ1v) is 6.75. The third-order valence-electron chi connectivity index (χ3n) is 2.80. The van der Waals surface area contributed by atoms with Gasteiger partial charge in [-0.05, 0) is 45.4 Å². The highest BCUT2D eigenvalue weighted by Gasteiger charge is 2.30. The van der Waals surface area contributed by atoms with Gasteiger partial charge < -0.3 is 15.2 Å². The molecule has 0 heterocycles. The summed E-state index contributed by atoms with van der Waals surface area (Å²) in [7, 11) is 0. The normalized spacial score (nSPS) is 15.1. The maximum absolute atomic E-state index is 12.5. The molecule has 1 aromatic rings. The molecule has 2 atom stereocenters. The molecule has 0 radical (unpaired) electrons. The van der Waals surface area contributed by atoms with Crippen molar-refractivity contribution in [1.82, 2.24) is 5.32 Å². The first-order valence-electron chi connectivity index (χ1n) is 6.75. The maximum Gasteiger partial charge on any atom is 0.416 e. The van der Waals surface area contributed by atoms with Crippen LogP contribution in [0.25, 0.3) is 0 Å². The van der Waals surface area contributed by atoms with Crippen LogP contribution in [0.1, 0.15) is 44.9 Å². The van der Waals surface area contributed by atoms with E-state index in [1.54, 1.807) is 20.8 Å². The van der Waals surface area contributed by atoms with Crippen molar-refractivity contribution in [3.8, 4) is 0 Å². The molecule has 1 rings (SSSR count). The van der Waals surface area contributed by atoms with E-state index in [1.165, 1.54) is 19.1 Å². The van der Waals surface area contributed by atoms with Crippen LogP contribution >= 0.6 is 0 Å². The number of halogens is 3. The van der Waals surface area contributed by atoms with Crippen LogP contribution in [0.3, 0.4) is 0 Å². The summed E-state index contributed by atoms with van der Waals surface area (Å²) in [6, 6.07) is 3.42. The molecule has 0 saturated heterocycles. The molecule has 0 aromatic heterocycles. The number of aliphatic hydroxyl groups excluding tert-OH is 1. The minimum Gasteiger partial charge on any atom is -0.444 e. The van der Waals surface area contributed by atoms with E-state index in [4.69, 9.17) is 4.74 Å². The van der Waals surface area contributed by atoms with Crippen molar-refractivity contribution in [1.29, 1.82) is 0 Å². The van der Waals surface area contributed by atoms with Gasteiger partial charge in [-0.3, -0.25) is 0 Å². The second-order valence-electron chi connectivity index (χ2n) is 6.00. The van der Waals surface area contributed by atoms with Crippen LogP contribution < -0.4 is 5.32 Å². The number of amides is 1. The Balaban J connectivity index is 2.71. The fourth-order valence-corrected chi connectivity index (χ4v) is 1.73. The molecule has 2 N–H and O–H groups in total. The highest BCUT2D eigenvalue weighted by molar-refractivity contribution is 5.68. The van der Waals surface area contributed by atoms with Crippen molar-refractivity contribution in [2.75, 3.05) is 0 Å². The van der Waals surface area contributed by atoms with Crippen LogP contribution in [0.15, 0.2) is 24.3 Å². The van der Waals surface area contributed by atoms with E-state index in [0.717, 1.165) is 12.1 Å². The lowest BCUT2D eigenvalue weighted by Crippen LogP contribution is -2.40. The summed E-state index contributed by atoms with van der Waals surface area (Å²) in [6.07, 6.45) is -6.27. The Morgan fingerprint density at radius 2 is 1.68 bits per heavy atom. The molecule has 0 aliphatic carbocycles. The van der Waals surface area contributed by atoms with Crippen LogP contribution in [0.2, 0.25) is 0 Å². The number of carbonyl (C=O) groups is 1. The summed E-state index contributed by atoms with van der Waals surface area (Å²) < 4.78 is 42.5. The number of carbonyl (C=O) groups excluding carboxylic acids is 1. The predicted molar refractivity (Wildman–Crippen MR) is 75.2 cm³/mol. The lowest BCUT2D eigenvalue weighted by Gasteiger charge is -2.24. The van der Waals surface area contributed by atoms with Crippen molar-refractivity contribution in [3.05, 3.63) is 35.4 Å². The summed E-state index contributed by atoms with van der Waals surface area (Å²) in [5, 5.41) is 12.5. The van der Waals surface area contributed by atoms with Gasteiger partial charge in [0.15, 0.2) is 0 Å². The summed E-state index contributed by atoms with van der Waals surface area (Å²) >= 11 is 0. The van der Waals surface area contributed by atoms with E-state index >= 15 is 0 Å². The Bertz CT molecular complexity index is 506. The third kappa shape index (κ3) is 5.55. The molecular formula is C15H20F3NO3. The lowest BCUT2D eigenvalue weighted by molar-refractivity contribution is -0.137. The first kappa shape index (κ1) is 18.3. The molecule has 0 saturated carbocycles. The SMILES string of the molecule is C[C@@H](NC(=O)OC(C)(C)C)C(O)c1ccc(C(F)(F)F)cc1. The van der Waals surface area contributed by atoms with Crippen molar-refractivity contribution in [2.24, 2.45) is 0 Å². The summed E-state index contributed by atoms with van der Waals surface area (Å²) in [5.74, 6) is 0. The number of hydrogen-bond acceptors (Lipinski definition) is 3. The number of hydrogen-bond donors (Lipinski definition) is 2. The number of alkyl carbamates (subject to hydrolysis) is 1. The van der Waals surface area contributed by atoms with E-state index in [2.05, 4.69) is 5.32 Å². The fraction of sp³-hybridized carbons (Fsp3) is 0.533. The minimum atomic E-state index is -4.43. The molecule has 0 aliphatic rings. The number of nitrogens with one attached hydrogen (secondary N) is 1. The Labute approximate surface area is 127 Å². The topological polar surface area (TPSA) is 58.6 Å². The zero-order valence-electron chi connectivity index (χ0n) is 12.9. The van der Waals surface area contributed by atoms with Crippen LogP contribution in [0, 0.1) is 0 Å². The van der Waals surface area contributed by atoms with Crippen molar-refractivity contribution in [2.45, 2.75) is 51.6 Å². The second kappa shape index (κ2) is 6.56. The molecule has 0 spiro atoms. The Hall–Kier alpha value is -1.76. The third-order valence-corrected chi connectivity index (χ3v) is 2.80. The largest absolute Gasteiger partial charge is 0.444 e. The molecule has 1 aromatic carbocycles. The van der Waals surface area contributed by atoms with Gasteiger partial charge >= 0.3 is 12.3 Å². The molecule has 7 heteroatoms. The maximum atomic E-state index is 12.5. The lowest BCUT2D eigenvalue weighted by atomic mass is 10.0. The van der Waals surface area contributed by atoms with Crippen molar-refractivity contribution >= 4 is 6.09 Å². The van der Waals surface area contributed by atoms with Gasteiger partial charge in [0, 0.05) is 0 Å². The molecule has 0 bridgehead atoms. The Morgan fingerprint density at radius 3 is 2.09 bits per heavy atom. The van der Waals surface area contributed by atoms with Gasteiger partial charge in [-0.2, -0.15) is 13.2 Å². The Morgan fingerprint density at radius 1 is 1.18 bits per heavy atom. The summed E-state index contributed by atoms with van der Waals surface area (Å²) in [4.78, 5) is 11.6. The number of alkyl halides is 3. The number of rotatable bonds is 3. The van der Waals surface area contributed by atoms with Gasteiger partial charge in [-0.1, -0.05) is 12.1 Å². The number of benzene rings is 1. The van der Waals surface area contributed by atoms with Crippen molar-refractivity contribution < 1.29 is 27.8 Å². The van der Waals surface area contributed by atoms with Crippen molar-refractivity contribution in [3.63, 3.8) is 0 Å². The molecule has 0 aliphatic heterocycles. The number of ether oxygens (including phenoxy) is 1. The van der Waals surface area contributed by atoms with Crippen LogP contribution in [-0.2, 0) is 10.9 Å². The molecule has 124 valence electrons. The van der Waals surface area contributed by atoms with E-state index in [0.29, 0.717) is 0 Å². The average molecular weight is 319 g/mol. The summed E-state index contributed by atoms with van der Waals surface area (Å²) in [6.45, 7) is 6.63. The van der Waals surface area contributed by atoms with E-state index in [9.17, 15) is 23.1 Å². The van der Waals surface area contributed by atoms with Gasteiger partial charge in [-0.25, -0.2) is 4.79 Å². The van der Waals surface area contributed by atoms with E-state index < -0.39 is 35.6 Å². The molecule has 1 amide bonds. The Kier molecular flexibility index (Phi) is 5.45. The van der Waals surface area contributed by atoms with Gasteiger partial charge in [0.1, 0.15) is 5.60 Å². The van der Waals surface area contributed by atoms with E-state index in [1.807, 2.05) is 0 Å². The highest BCUT2D eigenvalue weighted by atomic mass is 19.4. The van der Waals surface area contributed by atoms with Gasteiger partial charge in [-0.15, -0.1) is 0 Å². The summed E-state index contributed by atoms with van der Waals surface area (Å²) in [5.41, 5.74) is -1.20. The zero-order chi connectivity index (χ0) is 17.1. The van der Waals surface area contributed by atoms with Crippen LogP contribution in [0.4, 0.5) is 18.0 Å².